The van der Waals surface area contributed by atoms with Crippen molar-refractivity contribution in [1.29, 1.82) is 0 Å². The van der Waals surface area contributed by atoms with E-state index in [1.54, 1.807) is 97.3 Å². The van der Waals surface area contributed by atoms with E-state index >= 15 is 4.39 Å². The van der Waals surface area contributed by atoms with E-state index in [0.717, 1.165) is 15.7 Å². The van der Waals surface area contributed by atoms with Gasteiger partial charge in [-0.05, 0) is 120 Å². The van der Waals surface area contributed by atoms with Crippen LogP contribution in [0.3, 0.4) is 0 Å². The van der Waals surface area contributed by atoms with Gasteiger partial charge in [0.15, 0.2) is 29.4 Å². The number of Topliss-reactive ketones (excluding diaryl/α,β-unsaturated/α-hetero) is 1. The van der Waals surface area contributed by atoms with E-state index in [1.165, 1.54) is 12.2 Å². The summed E-state index contributed by atoms with van der Waals surface area (Å²) in [5, 5.41) is 16.7. The number of nitrogens with zero attached hydrogens (tertiary/aromatic N) is 2. The minimum atomic E-state index is -2.16. The number of alkyl halides is 1. The lowest BCUT2D eigenvalue weighted by molar-refractivity contribution is -0.246. The van der Waals surface area contributed by atoms with Crippen LogP contribution in [0.15, 0.2) is 84.7 Å². The van der Waals surface area contributed by atoms with E-state index in [0.29, 0.717) is 35.2 Å². The number of nitrogens with two attached hydrogens (primary N) is 1. The van der Waals surface area contributed by atoms with Crippen molar-refractivity contribution in [2.45, 2.75) is 122 Å². The Labute approximate surface area is 400 Å². The second kappa shape index (κ2) is 18.1. The van der Waals surface area contributed by atoms with Gasteiger partial charge in [0, 0.05) is 46.8 Å². The normalized spacial score (nSPS) is 30.2. The number of anilines is 1. The van der Waals surface area contributed by atoms with Gasteiger partial charge in [-0.3, -0.25) is 33.9 Å². The van der Waals surface area contributed by atoms with Crippen LogP contribution in [0.1, 0.15) is 91.2 Å². The van der Waals surface area contributed by atoms with E-state index in [2.05, 4.69) is 10.3 Å². The smallest absolute Gasteiger partial charge is 0.411 e. The van der Waals surface area contributed by atoms with Crippen molar-refractivity contribution in [3.63, 3.8) is 0 Å². The van der Waals surface area contributed by atoms with Crippen molar-refractivity contribution in [3.05, 3.63) is 95.9 Å². The molecule has 0 bridgehead atoms. The number of amides is 2. The Morgan fingerprint density at radius 3 is 2.39 bits per heavy atom. The molecule has 0 unspecified atom stereocenters. The van der Waals surface area contributed by atoms with Crippen LogP contribution < -0.4 is 11.1 Å². The van der Waals surface area contributed by atoms with Crippen molar-refractivity contribution in [3.8, 4) is 0 Å². The van der Waals surface area contributed by atoms with Crippen LogP contribution in [-0.4, -0.2) is 112 Å². The SMILES string of the molecule is CC(C)(C)OC(=O)N(CC(=O)OCC(=O)[C@@]12OC(C)(C)O[C@@H]1C[C@H]1[C@@H]3CCC4=CC(=O)C=C[C@]4(C)[C@@]3(F)[C@@H](O)C[C@@]12C)CC(=O)OCc1ccc([C@@H](CN)C(=O)Nc2ccc3cnccc3c2)cc1. The molecule has 2 aromatic carbocycles. The molecule has 2 heterocycles. The Kier molecular flexibility index (Phi) is 13.0. The molecule has 5 aliphatic rings. The highest BCUT2D eigenvalue weighted by atomic mass is 19.1. The second-order valence-electron chi connectivity index (χ2n) is 20.9. The molecule has 3 saturated carbocycles. The van der Waals surface area contributed by atoms with Crippen LogP contribution in [0.4, 0.5) is 14.9 Å². The zero-order valence-corrected chi connectivity index (χ0v) is 40.0. The Bertz CT molecular complexity index is 2630. The zero-order chi connectivity index (χ0) is 49.9. The highest BCUT2D eigenvalue weighted by Gasteiger charge is 2.80. The number of aliphatic hydroxyl groups excluding tert-OH is 1. The molecule has 4 N–H and O–H groups in total. The van der Waals surface area contributed by atoms with E-state index in [-0.39, 0.29) is 37.7 Å². The molecule has 16 nitrogen and oxygen atoms in total. The number of pyridine rings is 1. The first-order valence-electron chi connectivity index (χ1n) is 23.4. The summed E-state index contributed by atoms with van der Waals surface area (Å²) in [5.41, 5.74) is 1.12. The molecule has 368 valence electrons. The minimum absolute atomic E-state index is 0.0318. The molecule has 1 aliphatic heterocycles. The topological polar surface area (TPSA) is 223 Å². The Balaban J connectivity index is 0.908. The van der Waals surface area contributed by atoms with Gasteiger partial charge in [0.2, 0.25) is 11.7 Å². The van der Waals surface area contributed by atoms with Crippen LogP contribution in [-0.2, 0) is 54.3 Å². The summed E-state index contributed by atoms with van der Waals surface area (Å²) < 4.78 is 47.3. The number of nitrogens with one attached hydrogen (secondary N) is 1. The predicted molar refractivity (Wildman–Crippen MR) is 249 cm³/mol. The fourth-order valence-electron chi connectivity index (χ4n) is 11.8. The Hall–Kier alpha value is -5.88. The first-order chi connectivity index (χ1) is 32.4. The predicted octanol–water partition coefficient (Wildman–Crippen LogP) is 6.18. The molecule has 0 spiro atoms. The number of benzene rings is 2. The molecular weight excluding hydrogens is 892 g/mol. The molecule has 4 fully saturated rings. The maximum Gasteiger partial charge on any atom is 0.411 e. The number of aromatic nitrogens is 1. The first kappa shape index (κ1) is 49.5. The number of fused-ring (bicyclic) bond motifs is 8. The third-order valence-corrected chi connectivity index (χ3v) is 14.9. The molecule has 69 heavy (non-hydrogen) atoms. The van der Waals surface area contributed by atoms with E-state index in [9.17, 15) is 33.9 Å². The summed E-state index contributed by atoms with van der Waals surface area (Å²) in [7, 11) is 0. The van der Waals surface area contributed by atoms with E-state index in [4.69, 9.17) is 29.4 Å². The molecule has 1 aromatic heterocycles. The van der Waals surface area contributed by atoms with Crippen LogP contribution in [0.5, 0.6) is 0 Å². The van der Waals surface area contributed by atoms with Crippen molar-refractivity contribution in [2.75, 3.05) is 31.6 Å². The van der Waals surface area contributed by atoms with Gasteiger partial charge in [-0.15, -0.1) is 0 Å². The summed E-state index contributed by atoms with van der Waals surface area (Å²) in [4.78, 5) is 85.4. The van der Waals surface area contributed by atoms with Crippen LogP contribution in [0.2, 0.25) is 0 Å². The third kappa shape index (κ3) is 8.98. The van der Waals surface area contributed by atoms with Crippen molar-refractivity contribution in [2.24, 2.45) is 28.4 Å². The van der Waals surface area contributed by atoms with Gasteiger partial charge in [-0.2, -0.15) is 0 Å². The van der Waals surface area contributed by atoms with Crippen molar-refractivity contribution >= 4 is 52.0 Å². The second-order valence-corrected chi connectivity index (χ2v) is 20.9. The van der Waals surface area contributed by atoms with Gasteiger partial charge in [-0.25, -0.2) is 9.18 Å². The average Bonchev–Trinajstić information content (AvgIpc) is 3.70. The number of ether oxygens (including phenoxy) is 5. The third-order valence-electron chi connectivity index (χ3n) is 14.9. The number of carbonyl (C=O) groups is 6. The number of esters is 2. The van der Waals surface area contributed by atoms with Gasteiger partial charge < -0.3 is 39.8 Å². The molecule has 2 amide bonds. The van der Waals surface area contributed by atoms with Gasteiger partial charge in [-0.1, -0.05) is 48.9 Å². The number of halogens is 1. The van der Waals surface area contributed by atoms with E-state index < -0.39 is 107 Å². The zero-order valence-electron chi connectivity index (χ0n) is 40.0. The monoisotopic (exact) mass is 952 g/mol. The molecule has 17 heteroatoms. The molecular formula is C52H61FN4O12. The molecule has 4 aliphatic carbocycles. The van der Waals surface area contributed by atoms with Crippen molar-refractivity contribution < 1.29 is 61.9 Å². The molecule has 0 radical (unpaired) electrons. The van der Waals surface area contributed by atoms with Crippen LogP contribution in [0.25, 0.3) is 10.8 Å². The quantitative estimate of drug-likeness (QED) is 0.129. The first-order valence-corrected chi connectivity index (χ1v) is 23.4. The fraction of sp³-hybridized carbons (Fsp3) is 0.519. The molecule has 9 atom stereocenters. The number of allylic oxidation sites excluding steroid dienone is 4. The Morgan fingerprint density at radius 2 is 1.70 bits per heavy atom. The Morgan fingerprint density at radius 1 is 0.986 bits per heavy atom. The minimum Gasteiger partial charge on any atom is -0.459 e. The lowest BCUT2D eigenvalue weighted by Crippen LogP contribution is -2.70. The number of hydrogen-bond donors (Lipinski definition) is 3. The lowest BCUT2D eigenvalue weighted by Gasteiger charge is -2.62. The highest BCUT2D eigenvalue weighted by Crippen LogP contribution is 2.72. The van der Waals surface area contributed by atoms with Crippen LogP contribution >= 0.6 is 0 Å². The molecule has 8 rings (SSSR count). The van der Waals surface area contributed by atoms with Gasteiger partial charge in [0.25, 0.3) is 0 Å². The van der Waals surface area contributed by atoms with Gasteiger partial charge >= 0.3 is 18.0 Å². The van der Waals surface area contributed by atoms with Crippen LogP contribution in [0, 0.1) is 22.7 Å². The maximum absolute atomic E-state index is 17.9. The van der Waals surface area contributed by atoms with E-state index in [1.807, 2.05) is 18.2 Å². The summed E-state index contributed by atoms with van der Waals surface area (Å²) in [6.45, 7) is 9.17. The average molecular weight is 953 g/mol. The standard InChI is InChI=1S/C52H61FN4O12/c1-47(2,3)68-46(64)57(26-43(61)65-28-30-8-10-31(11-9-30)37(24-54)45(63)56-35-14-12-33-25-55-19-17-32(33)20-35)27-44(62)66-29-41(60)52-42(67-48(4,5)69-52)22-39-38-15-13-34-21-36(58)16-18-49(34,6)51(38,53)40(59)23-50(39,52)7/h8-12,14,16-21,25,37-40,42,59H,13,15,22-24,26-29,54H2,1-7H3,(H,56,63)/t37-,38+,39+,40+,42-,49+,50+,51+,52-/m1/s1. The van der Waals surface area contributed by atoms with Gasteiger partial charge in [0.05, 0.1) is 18.1 Å². The maximum atomic E-state index is 17.9. The summed E-state index contributed by atoms with van der Waals surface area (Å²) >= 11 is 0. The molecule has 1 saturated heterocycles. The fourth-order valence-corrected chi connectivity index (χ4v) is 11.8. The summed E-state index contributed by atoms with van der Waals surface area (Å²) in [5.74, 6) is -6.27. The molecule has 3 aromatic rings. The highest BCUT2D eigenvalue weighted by molar-refractivity contribution is 6.01. The summed E-state index contributed by atoms with van der Waals surface area (Å²) in [6.07, 6.45) is 5.12. The number of carbonyl (C=O) groups excluding carboxylic acids is 6. The number of hydrogen-bond acceptors (Lipinski definition) is 14. The number of aliphatic hydroxyl groups is 1. The summed E-state index contributed by atoms with van der Waals surface area (Å²) in [6, 6.07) is 14.1. The van der Waals surface area contributed by atoms with Crippen molar-refractivity contribution in [1.82, 2.24) is 9.88 Å². The number of rotatable bonds is 13. The lowest BCUT2D eigenvalue weighted by atomic mass is 9.44. The largest absolute Gasteiger partial charge is 0.459 e. The van der Waals surface area contributed by atoms with Gasteiger partial charge in [0.1, 0.15) is 25.3 Å². The number of ketones is 2.